The molecule has 0 spiro atoms. The summed E-state index contributed by atoms with van der Waals surface area (Å²) in [5.74, 6) is -0.403. The van der Waals surface area contributed by atoms with Gasteiger partial charge in [0.2, 0.25) is 0 Å². The zero-order chi connectivity index (χ0) is 12.4. The highest BCUT2D eigenvalue weighted by Crippen LogP contribution is 2.27. The van der Waals surface area contributed by atoms with Crippen molar-refractivity contribution in [1.82, 2.24) is 10.3 Å². The smallest absolute Gasteiger partial charge is 0.279 e. The van der Waals surface area contributed by atoms with E-state index in [0.29, 0.717) is 10.7 Å². The van der Waals surface area contributed by atoms with Gasteiger partial charge in [0, 0.05) is 0 Å². The first-order valence-corrected chi connectivity index (χ1v) is 5.31. The molecule has 1 N–H and O–H groups in total. The van der Waals surface area contributed by atoms with Crippen molar-refractivity contribution in [3.63, 3.8) is 0 Å². The Morgan fingerprint density at radius 3 is 2.76 bits per heavy atom. The van der Waals surface area contributed by atoms with Gasteiger partial charge in [0.1, 0.15) is 6.20 Å². The lowest BCUT2D eigenvalue weighted by Gasteiger charge is -2.10. The molecule has 17 heavy (non-hydrogen) atoms. The average molecular weight is 252 g/mol. The third-order valence-corrected chi connectivity index (χ3v) is 2.56. The second kappa shape index (κ2) is 4.55. The Morgan fingerprint density at radius 2 is 2.18 bits per heavy atom. The van der Waals surface area contributed by atoms with Gasteiger partial charge in [-0.2, -0.15) is 0 Å². The van der Waals surface area contributed by atoms with Crippen molar-refractivity contribution in [2.24, 2.45) is 0 Å². The third kappa shape index (κ3) is 2.45. The molecule has 1 aromatic heterocycles. The van der Waals surface area contributed by atoms with E-state index in [9.17, 15) is 4.79 Å². The molecule has 0 aliphatic rings. The van der Waals surface area contributed by atoms with Crippen molar-refractivity contribution in [2.45, 2.75) is 13.8 Å². The summed E-state index contributed by atoms with van der Waals surface area (Å²) in [6.07, 6.45) is 1.24. The molecule has 0 saturated carbocycles. The molecule has 88 valence electrons. The maximum Gasteiger partial charge on any atom is 0.279 e. The third-order valence-electron chi connectivity index (χ3n) is 2.26. The Kier molecular flexibility index (Phi) is 3.10. The summed E-state index contributed by atoms with van der Waals surface area (Å²) in [5.41, 5.74) is 2.61. The van der Waals surface area contributed by atoms with Gasteiger partial charge in [0.25, 0.3) is 5.91 Å². The van der Waals surface area contributed by atoms with Gasteiger partial charge in [0.15, 0.2) is 5.69 Å². The van der Waals surface area contributed by atoms with Crippen LogP contribution in [0.25, 0.3) is 0 Å². The number of hydrogen-bond acceptors (Lipinski definition) is 4. The molecule has 0 unspecified atom stereocenters. The first kappa shape index (κ1) is 11.6. The van der Waals surface area contributed by atoms with E-state index >= 15 is 0 Å². The van der Waals surface area contributed by atoms with Crippen LogP contribution in [-0.4, -0.2) is 16.2 Å². The molecule has 6 heteroatoms. The van der Waals surface area contributed by atoms with Crippen LogP contribution in [0.4, 0.5) is 5.69 Å². The second-order valence-electron chi connectivity index (χ2n) is 3.69. The molecule has 5 nitrogen and oxygen atoms in total. The van der Waals surface area contributed by atoms with E-state index < -0.39 is 5.91 Å². The maximum atomic E-state index is 11.7. The van der Waals surface area contributed by atoms with Gasteiger partial charge in [-0.1, -0.05) is 22.8 Å². The fourth-order valence-corrected chi connectivity index (χ4v) is 1.88. The number of halogens is 1. The first-order chi connectivity index (χ1) is 8.08. The van der Waals surface area contributed by atoms with Gasteiger partial charge in [-0.15, -0.1) is 0 Å². The number of nitrogens with zero attached hydrogens (tertiary/aromatic N) is 2. The van der Waals surface area contributed by atoms with Gasteiger partial charge in [-0.3, -0.25) is 4.79 Å². The van der Waals surface area contributed by atoms with Crippen molar-refractivity contribution >= 4 is 23.2 Å². The Hall–Kier alpha value is -1.88. The number of anilines is 1. The minimum absolute atomic E-state index is 0.112. The molecular weight excluding hydrogens is 242 g/mol. The van der Waals surface area contributed by atoms with Crippen LogP contribution in [0.3, 0.4) is 0 Å². The maximum absolute atomic E-state index is 11.7. The highest BCUT2D eigenvalue weighted by atomic mass is 35.5. The molecule has 0 bridgehead atoms. The highest BCUT2D eigenvalue weighted by Gasteiger charge is 2.13. The average Bonchev–Trinajstić information content (AvgIpc) is 2.76. The number of nitrogens with one attached hydrogen (secondary N) is 1. The summed E-state index contributed by atoms with van der Waals surface area (Å²) in [6.45, 7) is 3.81. The largest absolute Gasteiger partial charge is 0.319 e. The number of carbonyl (C=O) groups excluding carboxylic acids is 1. The molecular formula is C11H10ClN3O2. The summed E-state index contributed by atoms with van der Waals surface area (Å²) < 4.78 is 4.36. The second-order valence-corrected chi connectivity index (χ2v) is 4.09. The summed E-state index contributed by atoms with van der Waals surface area (Å²) in [4.78, 5) is 11.7. The number of amides is 1. The molecule has 0 aliphatic heterocycles. The number of aromatic nitrogens is 2. The first-order valence-electron chi connectivity index (χ1n) is 4.93. The molecule has 0 fully saturated rings. The van der Waals surface area contributed by atoms with Crippen LogP contribution in [0.1, 0.15) is 21.6 Å². The van der Waals surface area contributed by atoms with Crippen molar-refractivity contribution in [1.29, 1.82) is 0 Å². The normalized spacial score (nSPS) is 10.3. The minimum atomic E-state index is -0.403. The molecule has 1 aromatic carbocycles. The van der Waals surface area contributed by atoms with E-state index in [4.69, 9.17) is 11.6 Å². The van der Waals surface area contributed by atoms with Crippen LogP contribution in [0.15, 0.2) is 23.0 Å². The lowest BCUT2D eigenvalue weighted by atomic mass is 10.1. The monoisotopic (exact) mass is 251 g/mol. The molecule has 0 atom stereocenters. The SMILES string of the molecule is Cc1cc(C)c(NC(=O)c2cnon2)c(Cl)c1. The van der Waals surface area contributed by atoms with Crippen LogP contribution in [0.5, 0.6) is 0 Å². The van der Waals surface area contributed by atoms with E-state index in [1.165, 1.54) is 6.20 Å². The Balaban J connectivity index is 2.28. The zero-order valence-electron chi connectivity index (χ0n) is 9.32. The van der Waals surface area contributed by atoms with Gasteiger partial charge < -0.3 is 5.32 Å². The lowest BCUT2D eigenvalue weighted by molar-refractivity contribution is 0.101. The molecule has 0 radical (unpaired) electrons. The molecule has 2 rings (SSSR count). The standard InChI is InChI=1S/C11H10ClN3O2/c1-6-3-7(2)10(8(12)4-6)14-11(16)9-5-13-17-15-9/h3-5H,1-2H3,(H,14,16). The van der Waals surface area contributed by atoms with Gasteiger partial charge in [-0.25, -0.2) is 4.63 Å². The van der Waals surface area contributed by atoms with Gasteiger partial charge in [0.05, 0.1) is 10.7 Å². The van der Waals surface area contributed by atoms with Crippen molar-refractivity contribution in [2.75, 3.05) is 5.32 Å². The summed E-state index contributed by atoms with van der Waals surface area (Å²) >= 11 is 6.07. The van der Waals surface area contributed by atoms with Crippen LogP contribution < -0.4 is 5.32 Å². The topological polar surface area (TPSA) is 68.0 Å². The number of aryl methyl sites for hydroxylation is 2. The number of rotatable bonds is 2. The number of hydrogen-bond donors (Lipinski definition) is 1. The number of benzene rings is 1. The van der Waals surface area contributed by atoms with Gasteiger partial charge >= 0.3 is 0 Å². The summed E-state index contributed by atoms with van der Waals surface area (Å²) in [5, 5.41) is 9.98. The van der Waals surface area contributed by atoms with E-state index in [-0.39, 0.29) is 5.69 Å². The van der Waals surface area contributed by atoms with E-state index in [1.54, 1.807) is 6.07 Å². The molecule has 1 amide bonds. The molecule has 0 saturated heterocycles. The fourth-order valence-electron chi connectivity index (χ4n) is 1.52. The van der Waals surface area contributed by atoms with Crippen LogP contribution in [-0.2, 0) is 0 Å². The predicted molar refractivity (Wildman–Crippen MR) is 63.2 cm³/mol. The summed E-state index contributed by atoms with van der Waals surface area (Å²) in [7, 11) is 0. The van der Waals surface area contributed by atoms with E-state index in [1.807, 2.05) is 19.9 Å². The lowest BCUT2D eigenvalue weighted by Crippen LogP contribution is -2.13. The van der Waals surface area contributed by atoms with Crippen molar-refractivity contribution < 1.29 is 9.42 Å². The quantitative estimate of drug-likeness (QED) is 0.891. The Labute approximate surface area is 103 Å². The Bertz CT molecular complexity index is 529. The highest BCUT2D eigenvalue weighted by molar-refractivity contribution is 6.34. The van der Waals surface area contributed by atoms with Crippen LogP contribution in [0, 0.1) is 13.8 Å². The van der Waals surface area contributed by atoms with Crippen LogP contribution in [0.2, 0.25) is 5.02 Å². The predicted octanol–water partition coefficient (Wildman–Crippen LogP) is 2.59. The Morgan fingerprint density at radius 1 is 1.41 bits per heavy atom. The van der Waals surface area contributed by atoms with Crippen molar-refractivity contribution in [3.8, 4) is 0 Å². The number of carbonyl (C=O) groups is 1. The molecule has 0 aliphatic carbocycles. The van der Waals surface area contributed by atoms with E-state index in [0.717, 1.165) is 11.1 Å². The van der Waals surface area contributed by atoms with Crippen LogP contribution >= 0.6 is 11.6 Å². The minimum Gasteiger partial charge on any atom is -0.319 e. The fraction of sp³-hybridized carbons (Fsp3) is 0.182. The van der Waals surface area contributed by atoms with Crippen molar-refractivity contribution in [3.05, 3.63) is 40.2 Å². The summed E-state index contributed by atoms with van der Waals surface area (Å²) in [6, 6.07) is 3.72. The van der Waals surface area contributed by atoms with Gasteiger partial charge in [-0.05, 0) is 36.2 Å². The molecule has 1 heterocycles. The molecule has 2 aromatic rings. The zero-order valence-corrected chi connectivity index (χ0v) is 10.1. The van der Waals surface area contributed by atoms with E-state index in [2.05, 4.69) is 20.3 Å².